The summed E-state index contributed by atoms with van der Waals surface area (Å²) in [5.74, 6) is -1.98. The van der Waals surface area contributed by atoms with Gasteiger partial charge in [0, 0.05) is 46.8 Å². The molecule has 1 saturated heterocycles. The van der Waals surface area contributed by atoms with Gasteiger partial charge < -0.3 is 14.8 Å². The highest BCUT2D eigenvalue weighted by Gasteiger charge is 2.21. The molecule has 1 fully saturated rings. The van der Waals surface area contributed by atoms with Crippen LogP contribution in [-0.2, 0) is 26.1 Å². The summed E-state index contributed by atoms with van der Waals surface area (Å²) in [6.45, 7) is 2.80. The highest BCUT2D eigenvalue weighted by molar-refractivity contribution is 7.84. The van der Waals surface area contributed by atoms with Crippen LogP contribution in [-0.4, -0.2) is 34.7 Å². The van der Waals surface area contributed by atoms with E-state index in [4.69, 9.17) is 9.47 Å². The molecule has 0 radical (unpaired) electrons. The van der Waals surface area contributed by atoms with Crippen LogP contribution in [0.4, 0.5) is 14.5 Å². The van der Waals surface area contributed by atoms with E-state index in [2.05, 4.69) is 5.32 Å². The summed E-state index contributed by atoms with van der Waals surface area (Å²) in [5.41, 5.74) is 1.42. The monoisotopic (exact) mass is 423 g/mol. The number of nitrogens with one attached hydrogen (secondary N) is 1. The van der Waals surface area contributed by atoms with Crippen molar-refractivity contribution in [1.29, 1.82) is 0 Å². The molecule has 156 valence electrons. The van der Waals surface area contributed by atoms with Gasteiger partial charge >= 0.3 is 0 Å². The summed E-state index contributed by atoms with van der Waals surface area (Å²) in [6.07, 6.45) is 0.670. The fourth-order valence-corrected chi connectivity index (χ4v) is 4.47. The summed E-state index contributed by atoms with van der Waals surface area (Å²) < 4.78 is 49.5. The Hall–Kier alpha value is -2.32. The second-order valence-electron chi connectivity index (χ2n) is 6.86. The van der Waals surface area contributed by atoms with Gasteiger partial charge in [-0.3, -0.25) is 9.00 Å². The second kappa shape index (κ2) is 9.93. The highest BCUT2D eigenvalue weighted by atomic mass is 32.2. The van der Waals surface area contributed by atoms with E-state index in [0.29, 0.717) is 24.7 Å². The lowest BCUT2D eigenvalue weighted by Gasteiger charge is -2.21. The van der Waals surface area contributed by atoms with E-state index in [1.165, 1.54) is 13.0 Å². The number of rotatable bonds is 7. The SMILES string of the molecule is CC(Oc1ccc(F)c(F)c1)C(=O)Nc1cccc(CS(=O)C2CCOCC2)c1. The first-order valence-electron chi connectivity index (χ1n) is 9.39. The maximum Gasteiger partial charge on any atom is 0.265 e. The Kier molecular flexibility index (Phi) is 7.33. The molecule has 0 bridgehead atoms. The Morgan fingerprint density at radius 3 is 2.69 bits per heavy atom. The molecule has 0 aromatic heterocycles. The van der Waals surface area contributed by atoms with Gasteiger partial charge in [0.25, 0.3) is 5.91 Å². The van der Waals surface area contributed by atoms with Crippen LogP contribution in [0, 0.1) is 11.6 Å². The third-order valence-corrected chi connectivity index (χ3v) is 6.45. The van der Waals surface area contributed by atoms with Crippen LogP contribution in [0.2, 0.25) is 0 Å². The van der Waals surface area contributed by atoms with Crippen molar-refractivity contribution in [3.8, 4) is 5.75 Å². The third-order valence-electron chi connectivity index (χ3n) is 4.62. The average Bonchev–Trinajstić information content (AvgIpc) is 2.71. The van der Waals surface area contributed by atoms with Crippen LogP contribution in [0.5, 0.6) is 5.75 Å². The van der Waals surface area contributed by atoms with E-state index in [0.717, 1.165) is 30.5 Å². The fourth-order valence-electron chi connectivity index (χ4n) is 3.01. The maximum atomic E-state index is 13.3. The van der Waals surface area contributed by atoms with Crippen LogP contribution in [0.25, 0.3) is 0 Å². The highest BCUT2D eigenvalue weighted by Crippen LogP contribution is 2.20. The lowest BCUT2D eigenvalue weighted by atomic mass is 10.2. The van der Waals surface area contributed by atoms with Gasteiger partial charge in [-0.25, -0.2) is 8.78 Å². The molecule has 1 aliphatic rings. The molecule has 0 saturated carbocycles. The normalized spacial score (nSPS) is 16.8. The second-order valence-corrected chi connectivity index (χ2v) is 8.58. The first-order valence-corrected chi connectivity index (χ1v) is 10.8. The number of carbonyl (C=O) groups excluding carboxylic acids is 1. The molecule has 2 unspecified atom stereocenters. The van der Waals surface area contributed by atoms with Crippen molar-refractivity contribution in [3.05, 3.63) is 59.7 Å². The van der Waals surface area contributed by atoms with Crippen molar-refractivity contribution in [1.82, 2.24) is 0 Å². The zero-order valence-electron chi connectivity index (χ0n) is 16.0. The summed E-state index contributed by atoms with van der Waals surface area (Å²) in [7, 11) is -1.00. The molecule has 0 aliphatic carbocycles. The first-order chi connectivity index (χ1) is 13.9. The summed E-state index contributed by atoms with van der Waals surface area (Å²) in [4.78, 5) is 12.4. The molecule has 29 heavy (non-hydrogen) atoms. The van der Waals surface area contributed by atoms with E-state index in [1.807, 2.05) is 6.07 Å². The number of carbonyl (C=O) groups is 1. The van der Waals surface area contributed by atoms with Gasteiger partial charge in [-0.15, -0.1) is 0 Å². The Labute approximate surface area is 170 Å². The number of anilines is 1. The topological polar surface area (TPSA) is 64.6 Å². The predicted molar refractivity (Wildman–Crippen MR) is 107 cm³/mol. The van der Waals surface area contributed by atoms with Crippen LogP contribution >= 0.6 is 0 Å². The Bertz CT molecular complexity index is 887. The number of amides is 1. The summed E-state index contributed by atoms with van der Waals surface area (Å²) in [5, 5.41) is 2.86. The molecule has 2 aromatic carbocycles. The molecule has 5 nitrogen and oxygen atoms in total. The number of ether oxygens (including phenoxy) is 2. The van der Waals surface area contributed by atoms with Gasteiger partial charge in [0.15, 0.2) is 17.7 Å². The molecular formula is C21H23F2NO4S. The zero-order valence-corrected chi connectivity index (χ0v) is 16.8. The smallest absolute Gasteiger partial charge is 0.265 e. The van der Waals surface area contributed by atoms with Gasteiger partial charge in [0.2, 0.25) is 0 Å². The minimum atomic E-state index is -1.04. The molecule has 0 spiro atoms. The van der Waals surface area contributed by atoms with Gasteiger partial charge in [-0.1, -0.05) is 12.1 Å². The van der Waals surface area contributed by atoms with E-state index in [9.17, 15) is 17.8 Å². The third kappa shape index (κ3) is 6.08. The lowest BCUT2D eigenvalue weighted by molar-refractivity contribution is -0.122. The Morgan fingerprint density at radius 1 is 1.21 bits per heavy atom. The fraction of sp³-hybridized carbons (Fsp3) is 0.381. The van der Waals surface area contributed by atoms with E-state index in [1.54, 1.807) is 18.2 Å². The number of halogens is 2. The molecule has 1 N–H and O–H groups in total. The quantitative estimate of drug-likeness (QED) is 0.736. The minimum absolute atomic E-state index is 0.0622. The maximum absolute atomic E-state index is 13.3. The van der Waals surface area contributed by atoms with Crippen LogP contribution in [0.15, 0.2) is 42.5 Å². The lowest BCUT2D eigenvalue weighted by Crippen LogP contribution is -2.30. The van der Waals surface area contributed by atoms with E-state index < -0.39 is 34.4 Å². The molecule has 1 heterocycles. The van der Waals surface area contributed by atoms with Crippen molar-refractivity contribution in [3.63, 3.8) is 0 Å². The minimum Gasteiger partial charge on any atom is -0.481 e. The van der Waals surface area contributed by atoms with E-state index >= 15 is 0 Å². The molecule has 2 aromatic rings. The van der Waals surface area contributed by atoms with Gasteiger partial charge in [0.05, 0.1) is 0 Å². The van der Waals surface area contributed by atoms with Crippen molar-refractivity contribution < 1.29 is 27.3 Å². The Balaban J connectivity index is 1.57. The molecule has 8 heteroatoms. The summed E-state index contributed by atoms with van der Waals surface area (Å²) in [6, 6.07) is 10.3. The average molecular weight is 423 g/mol. The van der Waals surface area contributed by atoms with Crippen LogP contribution < -0.4 is 10.1 Å². The Morgan fingerprint density at radius 2 is 1.97 bits per heavy atom. The van der Waals surface area contributed by atoms with Gasteiger partial charge in [0.1, 0.15) is 5.75 Å². The molecule has 1 amide bonds. The zero-order chi connectivity index (χ0) is 20.8. The number of benzene rings is 2. The molecule has 1 aliphatic heterocycles. The molecular weight excluding hydrogens is 400 g/mol. The van der Waals surface area contributed by atoms with Gasteiger partial charge in [-0.2, -0.15) is 0 Å². The standard InChI is InChI=1S/C21H23F2NO4S/c1-14(28-17-5-6-19(22)20(23)12-17)21(25)24-16-4-2-3-15(11-16)13-29(26)18-7-9-27-10-8-18/h2-6,11-12,14,18H,7-10,13H2,1H3,(H,24,25). The van der Waals surface area contributed by atoms with Gasteiger partial charge in [-0.05, 0) is 49.6 Å². The number of hydrogen-bond acceptors (Lipinski definition) is 4. The van der Waals surface area contributed by atoms with Crippen molar-refractivity contribution >= 4 is 22.4 Å². The molecule has 2 atom stereocenters. The molecule has 3 rings (SSSR count). The van der Waals surface area contributed by atoms with Crippen LogP contribution in [0.3, 0.4) is 0 Å². The number of hydrogen-bond donors (Lipinski definition) is 1. The largest absolute Gasteiger partial charge is 0.481 e. The van der Waals surface area contributed by atoms with Crippen molar-refractivity contribution in [2.24, 2.45) is 0 Å². The van der Waals surface area contributed by atoms with Crippen LogP contribution in [0.1, 0.15) is 25.3 Å². The predicted octanol–water partition coefficient (Wildman–Crippen LogP) is 3.80. The first kappa shape index (κ1) is 21.4. The van der Waals surface area contributed by atoms with E-state index in [-0.39, 0.29) is 11.0 Å². The van der Waals surface area contributed by atoms with Crippen molar-refractivity contribution in [2.45, 2.75) is 36.9 Å². The summed E-state index contributed by atoms with van der Waals surface area (Å²) >= 11 is 0. The van der Waals surface area contributed by atoms with Crippen molar-refractivity contribution in [2.75, 3.05) is 18.5 Å².